The van der Waals surface area contributed by atoms with Crippen LogP contribution in [0, 0.1) is 12.8 Å². The molecule has 0 bridgehead atoms. The Labute approximate surface area is 123 Å². The summed E-state index contributed by atoms with van der Waals surface area (Å²) in [5.74, 6) is 0.757. The lowest BCUT2D eigenvalue weighted by Crippen LogP contribution is -2.21. The minimum absolute atomic E-state index is 0.757. The second kappa shape index (κ2) is 8.31. The monoisotopic (exact) mass is 277 g/mol. The molecule has 2 heteroatoms. The smallest absolute Gasteiger partial charge is 0.0341 e. The fraction of sp³-hybridized carbons (Fsp3) is 0.529. The van der Waals surface area contributed by atoms with E-state index in [9.17, 15) is 0 Å². The van der Waals surface area contributed by atoms with Crippen LogP contribution in [-0.4, -0.2) is 6.54 Å². The molecule has 0 heterocycles. The topological polar surface area (TPSA) is 12.0 Å². The lowest BCUT2D eigenvalue weighted by molar-refractivity contribution is 0.433. The lowest BCUT2D eigenvalue weighted by Gasteiger charge is -2.18. The highest BCUT2D eigenvalue weighted by atomic mass is 32.1. The summed E-state index contributed by atoms with van der Waals surface area (Å²) in [6.45, 7) is 11.8. The fourth-order valence-corrected chi connectivity index (χ4v) is 2.81. The molecule has 1 aromatic rings. The Morgan fingerprint density at radius 2 is 1.84 bits per heavy atom. The maximum Gasteiger partial charge on any atom is 0.0341 e. The van der Waals surface area contributed by atoms with Gasteiger partial charge in [0.05, 0.1) is 0 Å². The maximum absolute atomic E-state index is 4.43. The number of benzene rings is 1. The molecule has 0 spiro atoms. The minimum atomic E-state index is 0.757. The molecule has 0 saturated heterocycles. The summed E-state index contributed by atoms with van der Waals surface area (Å²) >= 11 is 4.43. The average molecular weight is 277 g/mol. The fourth-order valence-electron chi connectivity index (χ4n) is 2.47. The highest BCUT2D eigenvalue weighted by Crippen LogP contribution is 2.19. The van der Waals surface area contributed by atoms with Crippen molar-refractivity contribution in [3.8, 4) is 0 Å². The first-order valence-corrected chi connectivity index (χ1v) is 7.75. The predicted octanol–water partition coefficient (Wildman–Crippen LogP) is 5.06. The summed E-state index contributed by atoms with van der Waals surface area (Å²) in [5.41, 5.74) is 3.39. The second-order valence-corrected chi connectivity index (χ2v) is 5.88. The zero-order chi connectivity index (χ0) is 14.3. The van der Waals surface area contributed by atoms with Crippen LogP contribution in [0.1, 0.15) is 50.7 Å². The number of aryl methyl sites for hydroxylation is 1. The Hall–Kier alpha value is -0.890. The van der Waals surface area contributed by atoms with Crippen molar-refractivity contribution in [2.45, 2.75) is 51.3 Å². The molecule has 0 aliphatic heterocycles. The van der Waals surface area contributed by atoms with Gasteiger partial charge in [0.1, 0.15) is 0 Å². The lowest BCUT2D eigenvalue weighted by atomic mass is 9.98. The Bertz CT molecular complexity index is 385. The van der Waals surface area contributed by atoms with Crippen LogP contribution >= 0.6 is 12.6 Å². The normalized spacial score (nSPS) is 10.8. The summed E-state index contributed by atoms with van der Waals surface area (Å²) in [6, 6.07) is 6.29. The minimum Gasteiger partial charge on any atom is -0.385 e. The van der Waals surface area contributed by atoms with E-state index < -0.39 is 0 Å². The number of nitrogens with one attached hydrogen (secondary N) is 1. The van der Waals surface area contributed by atoms with Gasteiger partial charge in [-0.05, 0) is 55.0 Å². The molecule has 0 amide bonds. The molecule has 0 aliphatic carbocycles. The Morgan fingerprint density at radius 1 is 1.21 bits per heavy atom. The molecule has 1 N–H and O–H groups in total. The number of hydrogen-bond acceptors (Lipinski definition) is 2. The van der Waals surface area contributed by atoms with Gasteiger partial charge in [-0.2, -0.15) is 0 Å². The molecule has 0 radical (unpaired) electrons. The summed E-state index contributed by atoms with van der Waals surface area (Å²) in [7, 11) is 0. The highest BCUT2D eigenvalue weighted by molar-refractivity contribution is 7.80. The van der Waals surface area contributed by atoms with Crippen molar-refractivity contribution < 1.29 is 0 Å². The van der Waals surface area contributed by atoms with E-state index in [2.05, 4.69) is 63.5 Å². The van der Waals surface area contributed by atoms with Crippen molar-refractivity contribution in [2.75, 3.05) is 6.54 Å². The molecule has 0 atom stereocenters. The maximum atomic E-state index is 4.43. The molecule has 19 heavy (non-hydrogen) atoms. The van der Waals surface area contributed by atoms with E-state index in [1.54, 1.807) is 0 Å². The molecule has 0 aliphatic rings. The van der Waals surface area contributed by atoms with E-state index >= 15 is 0 Å². The van der Waals surface area contributed by atoms with Crippen molar-refractivity contribution in [1.29, 1.82) is 0 Å². The summed E-state index contributed by atoms with van der Waals surface area (Å²) in [4.78, 5) is 0.997. The molecular weight excluding hydrogens is 250 g/mol. The first-order valence-electron chi connectivity index (χ1n) is 7.30. The third-order valence-corrected chi connectivity index (χ3v) is 3.67. The summed E-state index contributed by atoms with van der Waals surface area (Å²) in [6.07, 6.45) is 5.09. The molecule has 0 saturated carbocycles. The van der Waals surface area contributed by atoms with E-state index in [0.29, 0.717) is 0 Å². The number of thiol groups is 1. The van der Waals surface area contributed by atoms with Gasteiger partial charge >= 0.3 is 0 Å². The predicted molar refractivity (Wildman–Crippen MR) is 88.8 cm³/mol. The van der Waals surface area contributed by atoms with Crippen molar-refractivity contribution in [1.82, 2.24) is 5.32 Å². The van der Waals surface area contributed by atoms with Crippen LogP contribution in [-0.2, 0) is 0 Å². The van der Waals surface area contributed by atoms with Gasteiger partial charge in [-0.3, -0.25) is 0 Å². The zero-order valence-corrected chi connectivity index (χ0v) is 13.4. The van der Waals surface area contributed by atoms with E-state index in [-0.39, 0.29) is 0 Å². The van der Waals surface area contributed by atoms with E-state index in [4.69, 9.17) is 0 Å². The van der Waals surface area contributed by atoms with Gasteiger partial charge in [-0.1, -0.05) is 33.3 Å². The van der Waals surface area contributed by atoms with Gasteiger partial charge in [0, 0.05) is 17.1 Å². The van der Waals surface area contributed by atoms with E-state index in [1.807, 2.05) is 0 Å². The molecule has 0 aromatic heterocycles. The van der Waals surface area contributed by atoms with Crippen LogP contribution in [0.15, 0.2) is 29.7 Å². The Balaban J connectivity index is 2.58. The Kier molecular flexibility index (Phi) is 7.07. The van der Waals surface area contributed by atoms with Crippen LogP contribution in [0.2, 0.25) is 0 Å². The second-order valence-electron chi connectivity index (χ2n) is 5.36. The van der Waals surface area contributed by atoms with Crippen LogP contribution < -0.4 is 5.32 Å². The van der Waals surface area contributed by atoms with Gasteiger partial charge < -0.3 is 5.32 Å². The SMILES string of the molecule is C=C(NCC(CCC)CCC)c1cc(C)cc(S)c1. The zero-order valence-electron chi connectivity index (χ0n) is 12.5. The van der Waals surface area contributed by atoms with Crippen molar-refractivity contribution in [2.24, 2.45) is 5.92 Å². The standard InChI is InChI=1S/C17H27NS/c1-5-7-15(8-6-2)12-18-14(4)16-9-13(3)10-17(19)11-16/h9-11,15,18-19H,4-8,12H2,1-3H3. The van der Waals surface area contributed by atoms with Crippen molar-refractivity contribution in [3.63, 3.8) is 0 Å². The first kappa shape index (κ1) is 16.2. The van der Waals surface area contributed by atoms with Crippen LogP contribution in [0.5, 0.6) is 0 Å². The third-order valence-electron chi connectivity index (χ3n) is 3.41. The van der Waals surface area contributed by atoms with Crippen molar-refractivity contribution >= 4 is 18.3 Å². The van der Waals surface area contributed by atoms with E-state index in [1.165, 1.54) is 31.2 Å². The molecule has 1 nitrogen and oxygen atoms in total. The number of hydrogen-bond donors (Lipinski definition) is 2. The largest absolute Gasteiger partial charge is 0.385 e. The molecule has 0 unspecified atom stereocenters. The molecule has 0 fully saturated rings. The van der Waals surface area contributed by atoms with Crippen molar-refractivity contribution in [3.05, 3.63) is 35.9 Å². The summed E-state index contributed by atoms with van der Waals surface area (Å²) < 4.78 is 0. The van der Waals surface area contributed by atoms with Gasteiger partial charge in [0.2, 0.25) is 0 Å². The third kappa shape index (κ3) is 5.73. The molecule has 1 aromatic carbocycles. The van der Waals surface area contributed by atoms with Gasteiger partial charge in [0.25, 0.3) is 0 Å². The van der Waals surface area contributed by atoms with Crippen LogP contribution in [0.4, 0.5) is 0 Å². The van der Waals surface area contributed by atoms with Crippen LogP contribution in [0.25, 0.3) is 5.70 Å². The Morgan fingerprint density at radius 3 is 2.37 bits per heavy atom. The summed E-state index contributed by atoms with van der Waals surface area (Å²) in [5, 5.41) is 3.49. The van der Waals surface area contributed by atoms with Gasteiger partial charge in [0.15, 0.2) is 0 Å². The van der Waals surface area contributed by atoms with E-state index in [0.717, 1.165) is 28.6 Å². The number of rotatable bonds is 8. The van der Waals surface area contributed by atoms with Gasteiger partial charge in [-0.15, -0.1) is 12.6 Å². The first-order chi connectivity index (χ1) is 9.06. The highest BCUT2D eigenvalue weighted by Gasteiger charge is 2.08. The molecular formula is C17H27NS. The average Bonchev–Trinajstić information content (AvgIpc) is 2.35. The quantitative estimate of drug-likeness (QED) is 0.633. The van der Waals surface area contributed by atoms with Crippen LogP contribution in [0.3, 0.4) is 0 Å². The molecule has 106 valence electrons. The molecule has 1 rings (SSSR count). The van der Waals surface area contributed by atoms with Gasteiger partial charge in [-0.25, -0.2) is 0 Å².